The number of ether oxygens (including phenoxy) is 1. The quantitative estimate of drug-likeness (QED) is 0.827. The number of likely N-dealkylation sites (N-methyl/N-ethyl adjacent to an activating group) is 1. The SMILES string of the molecule is CN1CCC[C@H]1COc1cncc2ccccc12. The Kier molecular flexibility index (Phi) is 3.15. The second-order valence-electron chi connectivity index (χ2n) is 4.95. The van der Waals surface area contributed by atoms with Crippen LogP contribution in [0.25, 0.3) is 10.8 Å². The molecule has 94 valence electrons. The number of likely N-dealkylation sites (tertiary alicyclic amines) is 1. The fraction of sp³-hybridized carbons (Fsp3) is 0.400. The minimum atomic E-state index is 0.545. The summed E-state index contributed by atoms with van der Waals surface area (Å²) in [4.78, 5) is 6.61. The molecule has 1 aromatic carbocycles. The summed E-state index contributed by atoms with van der Waals surface area (Å²) in [6, 6.07) is 8.76. The van der Waals surface area contributed by atoms with Crippen molar-refractivity contribution in [2.75, 3.05) is 20.2 Å². The van der Waals surface area contributed by atoms with Gasteiger partial charge in [-0.1, -0.05) is 24.3 Å². The van der Waals surface area contributed by atoms with Gasteiger partial charge < -0.3 is 9.64 Å². The molecule has 3 rings (SSSR count). The molecule has 1 aliphatic heterocycles. The maximum Gasteiger partial charge on any atom is 0.145 e. The molecule has 1 atom stereocenters. The summed E-state index contributed by atoms with van der Waals surface area (Å²) in [5.74, 6) is 0.897. The number of hydrogen-bond donors (Lipinski definition) is 0. The van der Waals surface area contributed by atoms with Crippen molar-refractivity contribution in [3.63, 3.8) is 0 Å². The number of aromatic nitrogens is 1. The van der Waals surface area contributed by atoms with Crippen molar-refractivity contribution in [2.24, 2.45) is 0 Å². The van der Waals surface area contributed by atoms with E-state index in [0.717, 1.165) is 23.1 Å². The van der Waals surface area contributed by atoms with Gasteiger partial charge in [-0.2, -0.15) is 0 Å². The molecule has 1 saturated heterocycles. The predicted molar refractivity (Wildman–Crippen MR) is 72.9 cm³/mol. The fourth-order valence-electron chi connectivity index (χ4n) is 2.58. The van der Waals surface area contributed by atoms with Gasteiger partial charge in [0, 0.05) is 23.0 Å². The first-order chi connectivity index (χ1) is 8.84. The van der Waals surface area contributed by atoms with Gasteiger partial charge in [-0.25, -0.2) is 0 Å². The minimum Gasteiger partial charge on any atom is -0.490 e. The molecule has 0 unspecified atom stereocenters. The third-order valence-corrected chi connectivity index (χ3v) is 3.73. The first-order valence-electron chi connectivity index (χ1n) is 6.50. The second kappa shape index (κ2) is 4.94. The van der Waals surface area contributed by atoms with Crippen LogP contribution in [0.15, 0.2) is 36.7 Å². The summed E-state index contributed by atoms with van der Waals surface area (Å²) in [5, 5.41) is 2.28. The Balaban J connectivity index is 1.78. The predicted octanol–water partition coefficient (Wildman–Crippen LogP) is 2.71. The van der Waals surface area contributed by atoms with Crippen LogP contribution < -0.4 is 4.74 Å². The van der Waals surface area contributed by atoms with Crippen LogP contribution in [0, 0.1) is 0 Å². The number of hydrogen-bond acceptors (Lipinski definition) is 3. The van der Waals surface area contributed by atoms with Gasteiger partial charge in [-0.15, -0.1) is 0 Å². The van der Waals surface area contributed by atoms with Crippen molar-refractivity contribution in [3.05, 3.63) is 36.7 Å². The second-order valence-corrected chi connectivity index (χ2v) is 4.95. The largest absolute Gasteiger partial charge is 0.490 e. The zero-order valence-electron chi connectivity index (χ0n) is 10.7. The van der Waals surface area contributed by atoms with E-state index in [1.807, 2.05) is 24.5 Å². The molecule has 0 bridgehead atoms. The maximum atomic E-state index is 5.97. The molecule has 0 N–H and O–H groups in total. The van der Waals surface area contributed by atoms with Gasteiger partial charge in [0.2, 0.25) is 0 Å². The Morgan fingerprint density at radius 3 is 3.06 bits per heavy atom. The summed E-state index contributed by atoms with van der Waals surface area (Å²) < 4.78 is 5.97. The molecular weight excluding hydrogens is 224 g/mol. The molecule has 0 spiro atoms. The third kappa shape index (κ3) is 2.18. The summed E-state index contributed by atoms with van der Waals surface area (Å²) >= 11 is 0. The number of benzene rings is 1. The monoisotopic (exact) mass is 242 g/mol. The first-order valence-corrected chi connectivity index (χ1v) is 6.50. The van der Waals surface area contributed by atoms with Gasteiger partial charge in [-0.3, -0.25) is 4.98 Å². The van der Waals surface area contributed by atoms with E-state index >= 15 is 0 Å². The van der Waals surface area contributed by atoms with Crippen LogP contribution in [-0.2, 0) is 0 Å². The summed E-state index contributed by atoms with van der Waals surface area (Å²) in [6.45, 7) is 1.94. The van der Waals surface area contributed by atoms with E-state index in [9.17, 15) is 0 Å². The molecule has 1 fully saturated rings. The van der Waals surface area contributed by atoms with Crippen molar-refractivity contribution in [1.82, 2.24) is 9.88 Å². The van der Waals surface area contributed by atoms with Crippen molar-refractivity contribution < 1.29 is 4.74 Å². The number of pyridine rings is 1. The highest BCUT2D eigenvalue weighted by molar-refractivity contribution is 5.87. The van der Waals surface area contributed by atoms with Crippen molar-refractivity contribution in [3.8, 4) is 5.75 Å². The highest BCUT2D eigenvalue weighted by Gasteiger charge is 2.21. The number of rotatable bonds is 3. The molecule has 0 aliphatic carbocycles. The molecule has 3 nitrogen and oxygen atoms in total. The van der Waals surface area contributed by atoms with Gasteiger partial charge in [-0.05, 0) is 26.4 Å². The van der Waals surface area contributed by atoms with E-state index < -0.39 is 0 Å². The molecule has 3 heteroatoms. The Morgan fingerprint density at radius 1 is 1.33 bits per heavy atom. The fourth-order valence-corrected chi connectivity index (χ4v) is 2.58. The third-order valence-electron chi connectivity index (χ3n) is 3.73. The lowest BCUT2D eigenvalue weighted by Crippen LogP contribution is -2.30. The summed E-state index contributed by atoms with van der Waals surface area (Å²) in [5.41, 5.74) is 0. The lowest BCUT2D eigenvalue weighted by molar-refractivity contribution is 0.199. The normalized spacial score (nSPS) is 20.4. The Morgan fingerprint density at radius 2 is 2.22 bits per heavy atom. The summed E-state index contributed by atoms with van der Waals surface area (Å²) in [6.07, 6.45) is 6.20. The smallest absolute Gasteiger partial charge is 0.145 e. The van der Waals surface area contributed by atoms with Crippen LogP contribution in [0.2, 0.25) is 0 Å². The topological polar surface area (TPSA) is 25.4 Å². The van der Waals surface area contributed by atoms with Gasteiger partial charge in [0.25, 0.3) is 0 Å². The van der Waals surface area contributed by atoms with E-state index in [1.165, 1.54) is 19.4 Å². The molecule has 1 aromatic heterocycles. The summed E-state index contributed by atoms with van der Waals surface area (Å²) in [7, 11) is 2.17. The van der Waals surface area contributed by atoms with Crippen molar-refractivity contribution in [2.45, 2.75) is 18.9 Å². The van der Waals surface area contributed by atoms with Crippen LogP contribution in [0.3, 0.4) is 0 Å². The molecule has 2 heterocycles. The van der Waals surface area contributed by atoms with Crippen LogP contribution in [0.4, 0.5) is 0 Å². The van der Waals surface area contributed by atoms with Crippen LogP contribution in [-0.4, -0.2) is 36.1 Å². The zero-order chi connectivity index (χ0) is 12.4. The van der Waals surface area contributed by atoms with E-state index in [2.05, 4.69) is 29.1 Å². The molecule has 1 aliphatic rings. The van der Waals surface area contributed by atoms with Gasteiger partial charge in [0.15, 0.2) is 0 Å². The van der Waals surface area contributed by atoms with Gasteiger partial charge in [0.1, 0.15) is 12.4 Å². The average molecular weight is 242 g/mol. The van der Waals surface area contributed by atoms with Crippen molar-refractivity contribution >= 4 is 10.8 Å². The van der Waals surface area contributed by atoms with Crippen LogP contribution in [0.5, 0.6) is 5.75 Å². The van der Waals surface area contributed by atoms with E-state index in [0.29, 0.717) is 6.04 Å². The molecule has 0 radical (unpaired) electrons. The first kappa shape index (κ1) is 11.5. The van der Waals surface area contributed by atoms with Gasteiger partial charge in [0.05, 0.1) is 6.20 Å². The van der Waals surface area contributed by atoms with Crippen LogP contribution in [0.1, 0.15) is 12.8 Å². The maximum absolute atomic E-state index is 5.97. The van der Waals surface area contributed by atoms with Crippen molar-refractivity contribution in [1.29, 1.82) is 0 Å². The average Bonchev–Trinajstić information content (AvgIpc) is 2.82. The van der Waals surface area contributed by atoms with Crippen LogP contribution >= 0.6 is 0 Å². The van der Waals surface area contributed by atoms with E-state index in [-0.39, 0.29) is 0 Å². The molecule has 0 amide bonds. The minimum absolute atomic E-state index is 0.545. The Bertz CT molecular complexity index is 536. The molecule has 0 saturated carbocycles. The molecule has 2 aromatic rings. The number of nitrogens with zero attached hydrogens (tertiary/aromatic N) is 2. The highest BCUT2D eigenvalue weighted by atomic mass is 16.5. The lowest BCUT2D eigenvalue weighted by Gasteiger charge is -2.20. The van der Waals surface area contributed by atoms with E-state index in [4.69, 9.17) is 4.74 Å². The standard InChI is InChI=1S/C15H18N2O/c1-17-8-4-6-13(17)11-18-15-10-16-9-12-5-2-3-7-14(12)15/h2-3,5,7,9-10,13H,4,6,8,11H2,1H3/t13-/m0/s1. The number of fused-ring (bicyclic) bond motifs is 1. The Hall–Kier alpha value is -1.61. The lowest BCUT2D eigenvalue weighted by atomic mass is 10.1. The van der Waals surface area contributed by atoms with Gasteiger partial charge >= 0.3 is 0 Å². The van der Waals surface area contributed by atoms with E-state index in [1.54, 1.807) is 0 Å². The molecular formula is C15H18N2O. The zero-order valence-corrected chi connectivity index (χ0v) is 10.7. The molecule has 18 heavy (non-hydrogen) atoms. The Labute approximate surface area is 107 Å². The highest BCUT2D eigenvalue weighted by Crippen LogP contribution is 2.25.